The molecule has 108 valence electrons. The average molecular weight is 364 g/mol. The molecule has 1 aromatic heterocycles. The Morgan fingerprint density at radius 3 is 2.90 bits per heavy atom. The first-order valence-electron chi connectivity index (χ1n) is 5.74. The van der Waals surface area contributed by atoms with E-state index < -0.39 is 0 Å². The lowest BCUT2D eigenvalue weighted by Gasteiger charge is -2.09. The van der Waals surface area contributed by atoms with Crippen molar-refractivity contribution < 1.29 is 18.6 Å². The van der Waals surface area contributed by atoms with Crippen molar-refractivity contribution in [1.29, 1.82) is 0 Å². The summed E-state index contributed by atoms with van der Waals surface area (Å²) in [6, 6.07) is 3.20. The third-order valence-corrected chi connectivity index (χ3v) is 3.44. The van der Waals surface area contributed by atoms with Gasteiger partial charge in [0, 0.05) is 7.11 Å². The molecular weight excluding hydrogens is 351 g/mol. The minimum absolute atomic E-state index is 0.0371. The van der Waals surface area contributed by atoms with Crippen molar-refractivity contribution in [2.75, 3.05) is 27.1 Å². The number of ether oxygens (including phenoxy) is 3. The largest absolute Gasteiger partial charge is 0.466 e. The summed E-state index contributed by atoms with van der Waals surface area (Å²) in [5, 5.41) is 0.625. The number of halogens is 2. The molecule has 0 atom stereocenters. The molecule has 0 aliphatic carbocycles. The summed E-state index contributed by atoms with van der Waals surface area (Å²) in [4.78, 5) is 11.9. The van der Waals surface area contributed by atoms with Crippen LogP contribution in [0.5, 0.6) is 5.75 Å². The molecule has 0 radical (unpaired) electrons. The van der Waals surface area contributed by atoms with E-state index in [0.29, 0.717) is 28.8 Å². The molecule has 7 heteroatoms. The van der Waals surface area contributed by atoms with E-state index in [2.05, 4.69) is 15.9 Å². The van der Waals surface area contributed by atoms with Gasteiger partial charge in [-0.15, -0.1) is 0 Å². The van der Waals surface area contributed by atoms with Crippen LogP contribution < -0.4 is 10.2 Å². The summed E-state index contributed by atoms with van der Waals surface area (Å²) in [7, 11) is 1.59. The van der Waals surface area contributed by atoms with Gasteiger partial charge >= 0.3 is 0 Å². The van der Waals surface area contributed by atoms with Gasteiger partial charge in [0.15, 0.2) is 12.4 Å². The predicted octanol–water partition coefficient (Wildman–Crippen LogP) is 3.21. The summed E-state index contributed by atoms with van der Waals surface area (Å²) in [6.07, 6.45) is 1.30. The Labute approximate surface area is 128 Å². The minimum atomic E-state index is -0.184. The van der Waals surface area contributed by atoms with Crippen LogP contribution in [0.2, 0.25) is 5.02 Å². The second-order valence-electron chi connectivity index (χ2n) is 3.83. The van der Waals surface area contributed by atoms with Crippen molar-refractivity contribution in [3.05, 3.63) is 38.1 Å². The highest BCUT2D eigenvalue weighted by Gasteiger charge is 2.12. The van der Waals surface area contributed by atoms with E-state index in [-0.39, 0.29) is 22.8 Å². The molecule has 0 spiro atoms. The number of rotatable bonds is 6. The highest BCUT2D eigenvalue weighted by molar-refractivity contribution is 9.10. The lowest BCUT2D eigenvalue weighted by Crippen LogP contribution is -2.08. The number of methoxy groups -OCH3 is 1. The molecule has 0 N–H and O–H groups in total. The molecule has 0 bridgehead atoms. The molecular formula is C13H12BrClO5. The second kappa shape index (κ2) is 7.08. The molecule has 0 fully saturated rings. The molecule has 2 rings (SSSR count). The Kier molecular flexibility index (Phi) is 5.42. The van der Waals surface area contributed by atoms with Gasteiger partial charge in [0.1, 0.15) is 21.5 Å². The molecule has 1 heterocycles. The molecule has 20 heavy (non-hydrogen) atoms. The quantitative estimate of drug-likeness (QED) is 0.583. The van der Waals surface area contributed by atoms with Gasteiger partial charge in [-0.05, 0) is 28.1 Å². The maximum absolute atomic E-state index is 11.9. The van der Waals surface area contributed by atoms with Crippen LogP contribution in [0.4, 0.5) is 0 Å². The lowest BCUT2D eigenvalue weighted by molar-refractivity contribution is -0.00839. The van der Waals surface area contributed by atoms with E-state index in [1.807, 2.05) is 0 Å². The van der Waals surface area contributed by atoms with Gasteiger partial charge in [-0.25, -0.2) is 0 Å². The number of hydrogen-bond acceptors (Lipinski definition) is 5. The van der Waals surface area contributed by atoms with E-state index >= 15 is 0 Å². The number of fused-ring (bicyclic) bond motifs is 1. The molecule has 0 aliphatic heterocycles. The number of hydrogen-bond donors (Lipinski definition) is 0. The van der Waals surface area contributed by atoms with E-state index in [9.17, 15) is 4.79 Å². The average Bonchev–Trinajstić information content (AvgIpc) is 2.45. The Morgan fingerprint density at radius 1 is 1.35 bits per heavy atom. The fraction of sp³-hybridized carbons (Fsp3) is 0.308. The summed E-state index contributed by atoms with van der Waals surface area (Å²) in [5.41, 5.74) is 0.102. The number of benzene rings is 1. The molecule has 0 unspecified atom stereocenters. The molecule has 0 saturated carbocycles. The van der Waals surface area contributed by atoms with Crippen LogP contribution in [0.25, 0.3) is 11.0 Å². The monoisotopic (exact) mass is 362 g/mol. The second-order valence-corrected chi connectivity index (χ2v) is 5.06. The third kappa shape index (κ3) is 3.32. The fourth-order valence-electron chi connectivity index (χ4n) is 1.54. The van der Waals surface area contributed by atoms with Crippen LogP contribution in [-0.4, -0.2) is 27.1 Å². The van der Waals surface area contributed by atoms with Gasteiger partial charge in [-0.3, -0.25) is 4.79 Å². The van der Waals surface area contributed by atoms with Crippen molar-refractivity contribution >= 4 is 38.5 Å². The van der Waals surface area contributed by atoms with Gasteiger partial charge in [0.05, 0.1) is 18.6 Å². The first-order valence-corrected chi connectivity index (χ1v) is 6.91. The van der Waals surface area contributed by atoms with Crippen molar-refractivity contribution in [3.8, 4) is 5.75 Å². The van der Waals surface area contributed by atoms with Crippen molar-refractivity contribution in [2.24, 2.45) is 0 Å². The molecule has 2 aromatic rings. The van der Waals surface area contributed by atoms with Crippen LogP contribution in [0.1, 0.15) is 0 Å². The van der Waals surface area contributed by atoms with Gasteiger partial charge in [-0.2, -0.15) is 0 Å². The van der Waals surface area contributed by atoms with Crippen LogP contribution in [-0.2, 0) is 9.47 Å². The lowest BCUT2D eigenvalue weighted by atomic mass is 10.2. The van der Waals surface area contributed by atoms with Crippen molar-refractivity contribution in [3.63, 3.8) is 0 Å². The molecule has 0 saturated heterocycles. The van der Waals surface area contributed by atoms with Gasteiger partial charge in [0.25, 0.3) is 0 Å². The molecule has 5 nitrogen and oxygen atoms in total. The Bertz CT molecular complexity index is 655. The molecule has 0 amide bonds. The van der Waals surface area contributed by atoms with Crippen LogP contribution >= 0.6 is 27.5 Å². The third-order valence-electron chi connectivity index (χ3n) is 2.53. The summed E-state index contributed by atoms with van der Waals surface area (Å²) < 4.78 is 21.1. The molecule has 0 aliphatic rings. The Hall–Kier alpha value is -1.08. The topological polar surface area (TPSA) is 57.9 Å². The zero-order chi connectivity index (χ0) is 14.5. The van der Waals surface area contributed by atoms with E-state index in [4.69, 9.17) is 30.2 Å². The highest BCUT2D eigenvalue weighted by Crippen LogP contribution is 2.32. The first kappa shape index (κ1) is 15.3. The summed E-state index contributed by atoms with van der Waals surface area (Å²) >= 11 is 9.27. The molecule has 1 aromatic carbocycles. The normalized spacial score (nSPS) is 10.9. The van der Waals surface area contributed by atoms with E-state index in [1.54, 1.807) is 19.2 Å². The van der Waals surface area contributed by atoms with Gasteiger partial charge < -0.3 is 18.6 Å². The summed E-state index contributed by atoms with van der Waals surface area (Å²) in [6.45, 7) is 0.941. The maximum atomic E-state index is 11.9. The van der Waals surface area contributed by atoms with Crippen molar-refractivity contribution in [1.82, 2.24) is 0 Å². The zero-order valence-electron chi connectivity index (χ0n) is 10.7. The SMILES string of the molecule is COCCOCOc1ccc2c(=O)c(Br)coc2c1Cl. The standard InChI is InChI=1S/C13H12BrClO5/c1-17-4-5-18-7-20-10-3-2-8-12(16)9(14)6-19-13(8)11(10)15/h2-3,6H,4-5,7H2,1H3. The minimum Gasteiger partial charge on any atom is -0.466 e. The van der Waals surface area contributed by atoms with Crippen molar-refractivity contribution in [2.45, 2.75) is 0 Å². The fourth-order valence-corrected chi connectivity index (χ4v) is 2.11. The Morgan fingerprint density at radius 2 is 2.15 bits per heavy atom. The zero-order valence-corrected chi connectivity index (χ0v) is 13.0. The maximum Gasteiger partial charge on any atom is 0.206 e. The smallest absolute Gasteiger partial charge is 0.206 e. The van der Waals surface area contributed by atoms with E-state index in [1.165, 1.54) is 6.26 Å². The highest BCUT2D eigenvalue weighted by atomic mass is 79.9. The van der Waals surface area contributed by atoms with Gasteiger partial charge in [-0.1, -0.05) is 11.6 Å². The van der Waals surface area contributed by atoms with Crippen LogP contribution in [0, 0.1) is 0 Å². The van der Waals surface area contributed by atoms with Crippen LogP contribution in [0.3, 0.4) is 0 Å². The Balaban J connectivity index is 2.18. The van der Waals surface area contributed by atoms with E-state index in [0.717, 1.165) is 0 Å². The first-order chi connectivity index (χ1) is 9.65. The van der Waals surface area contributed by atoms with Gasteiger partial charge in [0.2, 0.25) is 5.43 Å². The van der Waals surface area contributed by atoms with Crippen LogP contribution in [0.15, 0.2) is 32.1 Å². The predicted molar refractivity (Wildman–Crippen MR) is 78.5 cm³/mol. The summed E-state index contributed by atoms with van der Waals surface area (Å²) in [5.74, 6) is 0.391.